The molecule has 1 amide bonds. The van der Waals surface area contributed by atoms with E-state index in [1.807, 2.05) is 6.92 Å². The second-order valence-electron chi connectivity index (χ2n) is 6.22. The van der Waals surface area contributed by atoms with Gasteiger partial charge in [-0.1, -0.05) is 6.92 Å². The molecule has 3 rings (SSSR count). The van der Waals surface area contributed by atoms with Crippen LogP contribution in [0.15, 0.2) is 47.4 Å². The molecule has 0 radical (unpaired) electrons. The van der Waals surface area contributed by atoms with Crippen molar-refractivity contribution >= 4 is 27.3 Å². The zero-order valence-corrected chi connectivity index (χ0v) is 15.7. The van der Waals surface area contributed by atoms with Gasteiger partial charge in [-0.3, -0.25) is 9.52 Å². The van der Waals surface area contributed by atoms with Crippen LogP contribution >= 0.6 is 0 Å². The van der Waals surface area contributed by atoms with Gasteiger partial charge >= 0.3 is 0 Å². The van der Waals surface area contributed by atoms with Crippen LogP contribution in [0.5, 0.6) is 5.75 Å². The van der Waals surface area contributed by atoms with Crippen molar-refractivity contribution in [2.75, 3.05) is 23.3 Å². The van der Waals surface area contributed by atoms with E-state index in [1.165, 1.54) is 12.1 Å². The number of hydrogen-bond donors (Lipinski definition) is 1. The predicted octanol–water partition coefficient (Wildman–Crippen LogP) is 3.19. The minimum atomic E-state index is -3.69. The molecule has 0 atom stereocenters. The Hall–Kier alpha value is -2.54. The average Bonchev–Trinajstić information content (AvgIpc) is 2.63. The lowest BCUT2D eigenvalue weighted by Crippen LogP contribution is -2.31. The molecule has 0 fully saturated rings. The van der Waals surface area contributed by atoms with Gasteiger partial charge in [-0.05, 0) is 60.9 Å². The molecular formula is C19H22N2O4S. The van der Waals surface area contributed by atoms with E-state index in [4.69, 9.17) is 4.74 Å². The highest BCUT2D eigenvalue weighted by Gasteiger charge is 2.22. The minimum absolute atomic E-state index is 0.0659. The van der Waals surface area contributed by atoms with Gasteiger partial charge in [-0.2, -0.15) is 0 Å². The fraction of sp³-hybridized carbons (Fsp3) is 0.316. The zero-order chi connectivity index (χ0) is 18.7. The van der Waals surface area contributed by atoms with E-state index in [2.05, 4.69) is 4.72 Å². The van der Waals surface area contributed by atoms with E-state index in [0.29, 0.717) is 30.9 Å². The topological polar surface area (TPSA) is 75.7 Å². The molecule has 0 bridgehead atoms. The molecular weight excluding hydrogens is 352 g/mol. The predicted molar refractivity (Wildman–Crippen MR) is 101 cm³/mol. The Kier molecular flexibility index (Phi) is 5.18. The molecule has 1 aliphatic heterocycles. The van der Waals surface area contributed by atoms with Crippen molar-refractivity contribution in [3.63, 3.8) is 0 Å². The smallest absolute Gasteiger partial charge is 0.261 e. The first-order chi connectivity index (χ1) is 12.4. The number of sulfonamides is 1. The molecule has 26 heavy (non-hydrogen) atoms. The Morgan fingerprint density at radius 3 is 2.54 bits per heavy atom. The number of nitrogens with zero attached hydrogens (tertiary/aromatic N) is 1. The normalized spacial score (nSPS) is 14.1. The van der Waals surface area contributed by atoms with Gasteiger partial charge in [0.05, 0.1) is 11.5 Å². The van der Waals surface area contributed by atoms with Crippen molar-refractivity contribution in [3.8, 4) is 5.75 Å². The third-order valence-electron chi connectivity index (χ3n) is 4.28. The Balaban J connectivity index is 1.78. The molecule has 0 aliphatic carbocycles. The van der Waals surface area contributed by atoms with Crippen LogP contribution in [0.2, 0.25) is 0 Å². The van der Waals surface area contributed by atoms with E-state index >= 15 is 0 Å². The highest BCUT2D eigenvalue weighted by molar-refractivity contribution is 7.92. The van der Waals surface area contributed by atoms with Gasteiger partial charge < -0.3 is 9.64 Å². The van der Waals surface area contributed by atoms with Gasteiger partial charge in [0.15, 0.2) is 0 Å². The lowest BCUT2D eigenvalue weighted by atomic mass is 10.0. The van der Waals surface area contributed by atoms with E-state index in [9.17, 15) is 13.2 Å². The number of fused-ring (bicyclic) bond motifs is 1. The summed E-state index contributed by atoms with van der Waals surface area (Å²) < 4.78 is 33.3. The van der Waals surface area contributed by atoms with Gasteiger partial charge in [-0.25, -0.2) is 8.42 Å². The Bertz CT molecular complexity index is 908. The molecule has 1 heterocycles. The molecule has 2 aromatic rings. The summed E-state index contributed by atoms with van der Waals surface area (Å²) in [4.78, 5) is 13.5. The lowest BCUT2D eigenvalue weighted by molar-refractivity contribution is -0.118. The summed E-state index contributed by atoms with van der Waals surface area (Å²) in [6.45, 7) is 2.60. The second-order valence-corrected chi connectivity index (χ2v) is 7.90. The number of carbonyl (C=O) groups excluding carboxylic acids is 1. The van der Waals surface area contributed by atoms with Gasteiger partial charge in [0.1, 0.15) is 5.75 Å². The number of hydrogen-bond acceptors (Lipinski definition) is 4. The largest absolute Gasteiger partial charge is 0.494 e. The molecule has 0 unspecified atom stereocenters. The monoisotopic (exact) mass is 374 g/mol. The number of ether oxygens (including phenoxy) is 1. The number of benzene rings is 2. The van der Waals surface area contributed by atoms with Crippen LogP contribution in [-0.2, 0) is 21.2 Å². The summed E-state index contributed by atoms with van der Waals surface area (Å²) in [5.41, 5.74) is 2.26. The first-order valence-electron chi connectivity index (χ1n) is 8.56. The maximum absolute atomic E-state index is 12.6. The molecule has 6 nitrogen and oxygen atoms in total. The minimum Gasteiger partial charge on any atom is -0.494 e. The van der Waals surface area contributed by atoms with Gasteiger partial charge in [-0.15, -0.1) is 0 Å². The average molecular weight is 374 g/mol. The number of rotatable bonds is 6. The van der Waals surface area contributed by atoms with Crippen molar-refractivity contribution in [2.45, 2.75) is 31.1 Å². The van der Waals surface area contributed by atoms with Gasteiger partial charge in [0.2, 0.25) is 5.91 Å². The summed E-state index contributed by atoms with van der Waals surface area (Å²) in [6, 6.07) is 11.6. The number of carbonyl (C=O) groups is 1. The van der Waals surface area contributed by atoms with E-state index < -0.39 is 10.0 Å². The van der Waals surface area contributed by atoms with Crippen molar-refractivity contribution in [3.05, 3.63) is 48.0 Å². The van der Waals surface area contributed by atoms with E-state index in [0.717, 1.165) is 17.7 Å². The summed E-state index contributed by atoms with van der Waals surface area (Å²) in [6.07, 6.45) is 1.93. The maximum Gasteiger partial charge on any atom is 0.261 e. The second kappa shape index (κ2) is 7.37. The molecule has 0 saturated carbocycles. The van der Waals surface area contributed by atoms with E-state index in [-0.39, 0.29) is 10.8 Å². The molecule has 7 heteroatoms. The molecule has 138 valence electrons. The van der Waals surface area contributed by atoms with Crippen LogP contribution in [0, 0.1) is 0 Å². The van der Waals surface area contributed by atoms with E-state index in [1.54, 1.807) is 42.3 Å². The summed E-state index contributed by atoms with van der Waals surface area (Å²) in [5, 5.41) is 0. The Labute approximate surface area is 153 Å². The number of anilines is 2. The van der Waals surface area contributed by atoms with Crippen molar-refractivity contribution in [2.24, 2.45) is 0 Å². The Morgan fingerprint density at radius 1 is 1.12 bits per heavy atom. The quantitative estimate of drug-likeness (QED) is 0.843. The maximum atomic E-state index is 12.6. The van der Waals surface area contributed by atoms with Crippen LogP contribution in [0.3, 0.4) is 0 Å². The van der Waals surface area contributed by atoms with Crippen LogP contribution in [-0.4, -0.2) is 28.0 Å². The SMILES string of the molecule is CCCOc1ccc(S(=O)(=O)Nc2ccc3c(c2)CCC(=O)N3C)cc1. The van der Waals surface area contributed by atoms with Gasteiger partial charge in [0, 0.05) is 24.8 Å². The Morgan fingerprint density at radius 2 is 1.85 bits per heavy atom. The summed E-state index contributed by atoms with van der Waals surface area (Å²) >= 11 is 0. The standard InChI is InChI=1S/C19H22N2O4S/c1-3-12-25-16-6-8-17(9-7-16)26(23,24)20-15-5-10-18-14(13-15)4-11-19(22)21(18)2/h5-10,13,20H,3-4,11-12H2,1-2H3. The molecule has 0 saturated heterocycles. The van der Waals surface area contributed by atoms with Gasteiger partial charge in [0.25, 0.3) is 10.0 Å². The van der Waals surface area contributed by atoms with Crippen LogP contribution < -0.4 is 14.4 Å². The first-order valence-corrected chi connectivity index (χ1v) is 10.0. The molecule has 1 N–H and O–H groups in total. The van der Waals surface area contributed by atoms with Crippen molar-refractivity contribution in [1.29, 1.82) is 0 Å². The fourth-order valence-corrected chi connectivity index (χ4v) is 3.92. The summed E-state index contributed by atoms with van der Waals surface area (Å²) in [5.74, 6) is 0.712. The van der Waals surface area contributed by atoms with Crippen molar-refractivity contribution in [1.82, 2.24) is 0 Å². The zero-order valence-electron chi connectivity index (χ0n) is 14.9. The number of nitrogens with one attached hydrogen (secondary N) is 1. The fourth-order valence-electron chi connectivity index (χ4n) is 2.87. The number of amides is 1. The molecule has 2 aromatic carbocycles. The highest BCUT2D eigenvalue weighted by Crippen LogP contribution is 2.30. The lowest BCUT2D eigenvalue weighted by Gasteiger charge is -2.26. The highest BCUT2D eigenvalue weighted by atomic mass is 32.2. The third-order valence-corrected chi connectivity index (χ3v) is 5.68. The first kappa shape index (κ1) is 18.3. The molecule has 0 spiro atoms. The van der Waals surface area contributed by atoms with Crippen LogP contribution in [0.1, 0.15) is 25.3 Å². The van der Waals surface area contributed by atoms with Crippen LogP contribution in [0.25, 0.3) is 0 Å². The molecule has 1 aliphatic rings. The number of aryl methyl sites for hydroxylation is 1. The molecule has 0 aromatic heterocycles. The van der Waals surface area contributed by atoms with Crippen LogP contribution in [0.4, 0.5) is 11.4 Å². The summed E-state index contributed by atoms with van der Waals surface area (Å²) in [7, 11) is -1.96. The van der Waals surface area contributed by atoms with Crippen molar-refractivity contribution < 1.29 is 17.9 Å². The third kappa shape index (κ3) is 3.83.